The number of benzene rings is 1. The van der Waals surface area contributed by atoms with Crippen LogP contribution in [0, 0.1) is 0 Å². The lowest BCUT2D eigenvalue weighted by atomic mass is 10.1. The summed E-state index contributed by atoms with van der Waals surface area (Å²) in [4.78, 5) is 13.0. The molecule has 0 spiro atoms. The van der Waals surface area contributed by atoms with Crippen molar-refractivity contribution in [3.63, 3.8) is 0 Å². The van der Waals surface area contributed by atoms with E-state index in [-0.39, 0.29) is 35.1 Å². The number of carbonyl (C=O) groups is 1. The second kappa shape index (κ2) is 7.94. The first kappa shape index (κ1) is 22.9. The molecule has 174 valence electrons. The van der Waals surface area contributed by atoms with Crippen molar-refractivity contribution in [3.05, 3.63) is 41.1 Å². The van der Waals surface area contributed by atoms with Crippen molar-refractivity contribution < 1.29 is 26.4 Å². The Morgan fingerprint density at radius 2 is 1.72 bits per heavy atom. The van der Waals surface area contributed by atoms with E-state index in [0.717, 1.165) is 0 Å². The molecule has 32 heavy (non-hydrogen) atoms. The molecule has 0 aliphatic carbocycles. The molecule has 1 N–H and O–H groups in total. The summed E-state index contributed by atoms with van der Waals surface area (Å²) in [5, 5.41) is 7.22. The van der Waals surface area contributed by atoms with E-state index in [9.17, 15) is 21.6 Å². The predicted octanol–water partition coefficient (Wildman–Crippen LogP) is 1.34. The summed E-state index contributed by atoms with van der Waals surface area (Å²) in [6, 6.07) is 5.68. The van der Waals surface area contributed by atoms with Crippen LogP contribution >= 0.6 is 0 Å². The fraction of sp³-hybridized carbons (Fsp3) is 0.500. The molecule has 0 radical (unpaired) electrons. The van der Waals surface area contributed by atoms with Gasteiger partial charge >= 0.3 is 0 Å². The molecule has 1 aromatic heterocycles. The molecule has 3 heterocycles. The largest absolute Gasteiger partial charge is 0.379 e. The lowest BCUT2D eigenvalue weighted by molar-refractivity contribution is 0.0730. The van der Waals surface area contributed by atoms with Crippen molar-refractivity contribution >= 4 is 31.6 Å². The van der Waals surface area contributed by atoms with Gasteiger partial charge in [-0.1, -0.05) is 0 Å². The number of hydrogen-bond acceptors (Lipinski definition) is 7. The highest BCUT2D eigenvalue weighted by atomic mass is 32.2. The SMILES string of the molecule is CC(C)(C)n1nc2c(c1NC(=O)c1ccc(S(=O)(=O)N3CCOCC3)cc1)CS(=O)(=O)C2. The normalized spacial score (nSPS) is 19.0. The number of amides is 1. The van der Waals surface area contributed by atoms with Crippen LogP contribution in [0.5, 0.6) is 0 Å². The summed E-state index contributed by atoms with van der Waals surface area (Å²) in [6.45, 7) is 6.99. The highest BCUT2D eigenvalue weighted by Crippen LogP contribution is 2.34. The van der Waals surface area contributed by atoms with E-state index >= 15 is 0 Å². The standard InChI is InChI=1S/C20H26N4O6S2/c1-20(2,3)24-18(16-12-31(26,27)13-17(16)22-24)21-19(25)14-4-6-15(7-5-14)32(28,29)23-8-10-30-11-9-23/h4-7H,8-13H2,1-3H3,(H,21,25). The number of nitrogens with one attached hydrogen (secondary N) is 1. The quantitative estimate of drug-likeness (QED) is 0.696. The fourth-order valence-corrected chi connectivity index (χ4v) is 6.65. The molecule has 1 fully saturated rings. The molecule has 1 amide bonds. The Labute approximate surface area is 187 Å². The van der Waals surface area contributed by atoms with Gasteiger partial charge in [0.1, 0.15) is 5.82 Å². The maximum absolute atomic E-state index is 12.9. The average molecular weight is 483 g/mol. The Morgan fingerprint density at radius 3 is 2.31 bits per heavy atom. The summed E-state index contributed by atoms with van der Waals surface area (Å²) in [5.41, 5.74) is 0.719. The number of rotatable bonds is 4. The zero-order valence-corrected chi connectivity index (χ0v) is 19.8. The van der Waals surface area contributed by atoms with Gasteiger partial charge in [0.05, 0.1) is 40.8 Å². The molecule has 2 aliphatic rings. The number of fused-ring (bicyclic) bond motifs is 1. The van der Waals surface area contributed by atoms with Crippen LogP contribution in [0.2, 0.25) is 0 Å². The van der Waals surface area contributed by atoms with Crippen molar-refractivity contribution in [2.45, 2.75) is 42.7 Å². The van der Waals surface area contributed by atoms with Gasteiger partial charge in [-0.15, -0.1) is 0 Å². The minimum absolute atomic E-state index is 0.0997. The lowest BCUT2D eigenvalue weighted by Gasteiger charge is -2.26. The highest BCUT2D eigenvalue weighted by Gasteiger charge is 2.35. The zero-order valence-electron chi connectivity index (χ0n) is 18.2. The zero-order chi connectivity index (χ0) is 23.3. The number of carbonyl (C=O) groups excluding carboxylic acids is 1. The van der Waals surface area contributed by atoms with Gasteiger partial charge in [-0.05, 0) is 45.0 Å². The molecule has 1 aromatic carbocycles. The van der Waals surface area contributed by atoms with Crippen molar-refractivity contribution in [1.82, 2.24) is 14.1 Å². The van der Waals surface area contributed by atoms with Gasteiger partial charge in [-0.3, -0.25) is 4.79 Å². The molecule has 12 heteroatoms. The van der Waals surface area contributed by atoms with Crippen molar-refractivity contribution in [3.8, 4) is 0 Å². The summed E-state index contributed by atoms with van der Waals surface area (Å²) in [6.07, 6.45) is 0. The first-order valence-corrected chi connectivity index (χ1v) is 13.5. The number of aromatic nitrogens is 2. The number of hydrogen-bond donors (Lipinski definition) is 1. The van der Waals surface area contributed by atoms with Crippen LogP contribution in [0.3, 0.4) is 0 Å². The molecule has 10 nitrogen and oxygen atoms in total. The van der Waals surface area contributed by atoms with Gasteiger partial charge in [0.25, 0.3) is 5.91 Å². The van der Waals surface area contributed by atoms with Crippen LogP contribution in [-0.4, -0.2) is 63.1 Å². The first-order chi connectivity index (χ1) is 14.9. The molecule has 0 saturated carbocycles. The van der Waals surface area contributed by atoms with Crippen LogP contribution in [0.15, 0.2) is 29.2 Å². The molecule has 4 rings (SSSR count). The molecule has 1 saturated heterocycles. The van der Waals surface area contributed by atoms with E-state index in [0.29, 0.717) is 30.3 Å². The third-order valence-electron chi connectivity index (χ3n) is 5.38. The summed E-state index contributed by atoms with van der Waals surface area (Å²) >= 11 is 0. The van der Waals surface area contributed by atoms with Crippen LogP contribution in [0.25, 0.3) is 0 Å². The van der Waals surface area contributed by atoms with Crippen LogP contribution in [0.4, 0.5) is 5.82 Å². The molecular weight excluding hydrogens is 456 g/mol. The Kier molecular flexibility index (Phi) is 5.68. The fourth-order valence-electron chi connectivity index (χ4n) is 3.75. The van der Waals surface area contributed by atoms with E-state index in [1.54, 1.807) is 4.68 Å². The number of sulfonamides is 1. The highest BCUT2D eigenvalue weighted by molar-refractivity contribution is 7.90. The van der Waals surface area contributed by atoms with E-state index in [1.165, 1.54) is 28.6 Å². The van der Waals surface area contributed by atoms with Gasteiger partial charge < -0.3 is 10.1 Å². The second-order valence-corrected chi connectivity index (χ2v) is 12.9. The summed E-state index contributed by atoms with van der Waals surface area (Å²) < 4.78 is 57.8. The number of anilines is 1. The van der Waals surface area contributed by atoms with Gasteiger partial charge in [0, 0.05) is 24.2 Å². The van der Waals surface area contributed by atoms with Crippen LogP contribution in [-0.2, 0) is 41.6 Å². The van der Waals surface area contributed by atoms with E-state index in [4.69, 9.17) is 4.74 Å². The molecule has 0 bridgehead atoms. The van der Waals surface area contributed by atoms with E-state index in [2.05, 4.69) is 10.4 Å². The predicted molar refractivity (Wildman–Crippen MR) is 118 cm³/mol. The number of ether oxygens (including phenoxy) is 1. The van der Waals surface area contributed by atoms with E-state index in [1.807, 2.05) is 20.8 Å². The molecule has 0 atom stereocenters. The Bertz CT molecular complexity index is 1250. The van der Waals surface area contributed by atoms with Gasteiger partial charge in [-0.25, -0.2) is 21.5 Å². The minimum Gasteiger partial charge on any atom is -0.379 e. The number of nitrogens with zero attached hydrogens (tertiary/aromatic N) is 3. The van der Waals surface area contributed by atoms with E-state index < -0.39 is 31.3 Å². The number of sulfone groups is 1. The third-order valence-corrected chi connectivity index (χ3v) is 8.73. The number of morpholine rings is 1. The molecule has 2 aliphatic heterocycles. The van der Waals surface area contributed by atoms with Crippen LogP contribution in [0.1, 0.15) is 42.4 Å². The third kappa shape index (κ3) is 4.32. The smallest absolute Gasteiger partial charge is 0.256 e. The van der Waals surface area contributed by atoms with Gasteiger partial charge in [0.15, 0.2) is 9.84 Å². The first-order valence-electron chi connectivity index (χ1n) is 10.2. The second-order valence-electron chi connectivity index (χ2n) is 8.88. The summed E-state index contributed by atoms with van der Waals surface area (Å²) in [7, 11) is -6.95. The Balaban J connectivity index is 1.59. The van der Waals surface area contributed by atoms with Crippen molar-refractivity contribution in [2.75, 3.05) is 31.6 Å². The Hall–Kier alpha value is -2.28. The monoisotopic (exact) mass is 482 g/mol. The Morgan fingerprint density at radius 1 is 1.09 bits per heavy atom. The minimum atomic E-state index is -3.66. The molecular formula is C20H26N4O6S2. The van der Waals surface area contributed by atoms with Crippen LogP contribution < -0.4 is 5.32 Å². The summed E-state index contributed by atoms with van der Waals surface area (Å²) in [5.74, 6) is -0.450. The topological polar surface area (TPSA) is 128 Å². The van der Waals surface area contributed by atoms with Gasteiger partial charge in [-0.2, -0.15) is 9.40 Å². The van der Waals surface area contributed by atoms with Crippen molar-refractivity contribution in [1.29, 1.82) is 0 Å². The lowest BCUT2D eigenvalue weighted by Crippen LogP contribution is -2.40. The maximum atomic E-state index is 12.9. The maximum Gasteiger partial charge on any atom is 0.256 e. The van der Waals surface area contributed by atoms with Gasteiger partial charge in [0.2, 0.25) is 10.0 Å². The van der Waals surface area contributed by atoms with Crippen molar-refractivity contribution in [2.24, 2.45) is 0 Å². The average Bonchev–Trinajstić information content (AvgIpc) is 3.21. The molecule has 0 unspecified atom stereocenters. The molecule has 2 aromatic rings.